The molecule has 142 valence electrons. The summed E-state index contributed by atoms with van der Waals surface area (Å²) in [7, 11) is 1.54. The summed E-state index contributed by atoms with van der Waals surface area (Å²) in [5, 5.41) is 12.6. The summed E-state index contributed by atoms with van der Waals surface area (Å²) in [6.07, 6.45) is 0. The lowest BCUT2D eigenvalue weighted by molar-refractivity contribution is -0.118. The van der Waals surface area contributed by atoms with Crippen LogP contribution in [0.3, 0.4) is 0 Å². The summed E-state index contributed by atoms with van der Waals surface area (Å²) in [6, 6.07) is 10.6. The number of carbonyl (C=O) groups excluding carboxylic acids is 1. The van der Waals surface area contributed by atoms with Crippen LogP contribution in [-0.2, 0) is 21.5 Å². The van der Waals surface area contributed by atoms with Crippen molar-refractivity contribution < 1.29 is 14.3 Å². The number of fused-ring (bicyclic) bond motifs is 4. The molecule has 2 aliphatic rings. The molecular formula is C20H18N4O4. The lowest BCUT2D eigenvalue weighted by Crippen LogP contribution is -2.47. The van der Waals surface area contributed by atoms with Crippen LogP contribution in [-0.4, -0.2) is 24.2 Å². The Labute approximate surface area is 160 Å². The van der Waals surface area contributed by atoms with E-state index in [1.165, 1.54) is 4.57 Å². The Bertz CT molecular complexity index is 1140. The second kappa shape index (κ2) is 6.25. The zero-order chi connectivity index (χ0) is 20.1. The van der Waals surface area contributed by atoms with Crippen molar-refractivity contribution in [1.29, 1.82) is 5.26 Å². The van der Waals surface area contributed by atoms with Gasteiger partial charge >= 0.3 is 0 Å². The summed E-state index contributed by atoms with van der Waals surface area (Å²) in [5.41, 5.74) is 5.61. The molecule has 1 aromatic carbocycles. The highest BCUT2D eigenvalue weighted by Crippen LogP contribution is 2.51. The van der Waals surface area contributed by atoms with E-state index in [1.807, 2.05) is 6.07 Å². The van der Waals surface area contributed by atoms with Crippen LogP contribution in [0, 0.1) is 18.3 Å². The van der Waals surface area contributed by atoms with Gasteiger partial charge < -0.3 is 25.1 Å². The number of hydrogen-bond donors (Lipinski definition) is 2. The zero-order valence-corrected chi connectivity index (χ0v) is 15.4. The van der Waals surface area contributed by atoms with E-state index in [4.69, 9.17) is 15.2 Å². The number of nitrogens with one attached hydrogen (secondary N) is 1. The number of nitrogens with two attached hydrogens (primary N) is 1. The van der Waals surface area contributed by atoms with Crippen molar-refractivity contribution in [1.82, 2.24) is 4.57 Å². The molecule has 1 atom stereocenters. The van der Waals surface area contributed by atoms with Gasteiger partial charge in [0.1, 0.15) is 17.4 Å². The van der Waals surface area contributed by atoms with Gasteiger partial charge in [0, 0.05) is 36.7 Å². The molecule has 0 radical (unpaired) electrons. The van der Waals surface area contributed by atoms with Crippen molar-refractivity contribution in [3.8, 4) is 11.8 Å². The number of para-hydroxylation sites is 1. The molecule has 3 N–H and O–H groups in total. The lowest BCUT2D eigenvalue weighted by atomic mass is 9.69. The Morgan fingerprint density at radius 1 is 1.36 bits per heavy atom. The third kappa shape index (κ3) is 2.14. The highest BCUT2D eigenvalue weighted by molar-refractivity contribution is 6.12. The maximum Gasteiger partial charge on any atom is 0.259 e. The van der Waals surface area contributed by atoms with E-state index >= 15 is 0 Å². The van der Waals surface area contributed by atoms with Crippen LogP contribution >= 0.6 is 0 Å². The third-order valence-electron chi connectivity index (χ3n) is 5.24. The molecule has 0 saturated heterocycles. The number of aryl methyl sites for hydroxylation is 1. The normalized spacial score (nSPS) is 19.7. The van der Waals surface area contributed by atoms with Gasteiger partial charge in [-0.05, 0) is 13.0 Å². The number of aromatic nitrogens is 1. The van der Waals surface area contributed by atoms with E-state index < -0.39 is 16.9 Å². The minimum atomic E-state index is -1.65. The number of benzene rings is 1. The van der Waals surface area contributed by atoms with Gasteiger partial charge in [-0.3, -0.25) is 9.59 Å². The van der Waals surface area contributed by atoms with Gasteiger partial charge in [-0.15, -0.1) is 0 Å². The Hall–Kier alpha value is -3.57. The van der Waals surface area contributed by atoms with Crippen molar-refractivity contribution in [3.05, 3.63) is 69.0 Å². The summed E-state index contributed by atoms with van der Waals surface area (Å²) in [4.78, 5) is 26.8. The molecule has 0 aliphatic carbocycles. The molecule has 28 heavy (non-hydrogen) atoms. The van der Waals surface area contributed by atoms with Gasteiger partial charge in [-0.1, -0.05) is 18.2 Å². The van der Waals surface area contributed by atoms with Gasteiger partial charge in [0.05, 0.1) is 12.2 Å². The standard InChI is InChI=1S/C20H18N4O4/c1-11-9-15-16(18(25)24(11)7-8-27-2)20(13(10-21)17(22)28-15)12-5-3-4-6-14(12)23-19(20)26/h3-6,9H,7-8,22H2,1-2H3,(H,23,26)/t20-/m0/s1. The first-order chi connectivity index (χ1) is 13.5. The van der Waals surface area contributed by atoms with Crippen LogP contribution in [0.4, 0.5) is 5.69 Å². The second-order valence-electron chi connectivity index (χ2n) is 6.68. The van der Waals surface area contributed by atoms with Crippen molar-refractivity contribution in [2.75, 3.05) is 19.0 Å². The van der Waals surface area contributed by atoms with E-state index in [1.54, 1.807) is 44.4 Å². The van der Waals surface area contributed by atoms with E-state index in [0.29, 0.717) is 30.1 Å². The predicted molar refractivity (Wildman–Crippen MR) is 101 cm³/mol. The molecular weight excluding hydrogens is 360 g/mol. The van der Waals surface area contributed by atoms with Gasteiger partial charge in [0.25, 0.3) is 5.56 Å². The minimum Gasteiger partial charge on any atom is -0.440 e. The number of hydrogen-bond acceptors (Lipinski definition) is 6. The Balaban J connectivity index is 2.13. The lowest BCUT2D eigenvalue weighted by Gasteiger charge is -2.33. The number of nitriles is 1. The fraction of sp³-hybridized carbons (Fsp3) is 0.250. The van der Waals surface area contributed by atoms with Crippen LogP contribution < -0.4 is 21.3 Å². The Morgan fingerprint density at radius 2 is 2.11 bits per heavy atom. The van der Waals surface area contributed by atoms with Crippen LogP contribution in [0.1, 0.15) is 16.8 Å². The first-order valence-corrected chi connectivity index (χ1v) is 8.69. The molecule has 2 aromatic rings. The molecule has 0 unspecified atom stereocenters. The van der Waals surface area contributed by atoms with Crippen molar-refractivity contribution in [2.24, 2.45) is 5.73 Å². The van der Waals surface area contributed by atoms with Crippen molar-refractivity contribution in [2.45, 2.75) is 18.9 Å². The number of rotatable bonds is 3. The largest absolute Gasteiger partial charge is 0.440 e. The predicted octanol–water partition coefficient (Wildman–Crippen LogP) is 1.13. The molecule has 0 bridgehead atoms. The third-order valence-corrected chi connectivity index (χ3v) is 5.24. The molecule has 8 heteroatoms. The van der Waals surface area contributed by atoms with E-state index in [0.717, 1.165) is 0 Å². The maximum atomic E-state index is 13.5. The van der Waals surface area contributed by atoms with Gasteiger partial charge in [0.2, 0.25) is 11.8 Å². The first-order valence-electron chi connectivity index (χ1n) is 8.69. The minimum absolute atomic E-state index is 0.0856. The fourth-order valence-electron chi connectivity index (χ4n) is 4.00. The second-order valence-corrected chi connectivity index (χ2v) is 6.68. The number of ether oxygens (including phenoxy) is 2. The van der Waals surface area contributed by atoms with Crippen LogP contribution in [0.5, 0.6) is 5.75 Å². The van der Waals surface area contributed by atoms with E-state index in [-0.39, 0.29) is 22.8 Å². The monoisotopic (exact) mass is 378 g/mol. The van der Waals surface area contributed by atoms with Gasteiger partial charge in [-0.2, -0.15) is 5.26 Å². The van der Waals surface area contributed by atoms with Crippen LogP contribution in [0.25, 0.3) is 0 Å². The summed E-state index contributed by atoms with van der Waals surface area (Å²) in [5.74, 6) is -0.508. The number of carbonyl (C=O) groups is 1. The van der Waals surface area contributed by atoms with Crippen molar-refractivity contribution >= 4 is 11.6 Å². The van der Waals surface area contributed by atoms with E-state index in [9.17, 15) is 14.9 Å². The summed E-state index contributed by atoms with van der Waals surface area (Å²) < 4.78 is 12.2. The molecule has 8 nitrogen and oxygen atoms in total. The zero-order valence-electron chi connectivity index (χ0n) is 15.4. The molecule has 4 rings (SSSR count). The first kappa shape index (κ1) is 17.8. The molecule has 1 amide bonds. The summed E-state index contributed by atoms with van der Waals surface area (Å²) in [6.45, 7) is 2.38. The highest BCUT2D eigenvalue weighted by Gasteiger charge is 2.58. The maximum absolute atomic E-state index is 13.5. The number of nitrogens with zero attached hydrogens (tertiary/aromatic N) is 2. The fourth-order valence-corrected chi connectivity index (χ4v) is 4.00. The highest BCUT2D eigenvalue weighted by atomic mass is 16.5. The molecule has 0 saturated carbocycles. The van der Waals surface area contributed by atoms with Gasteiger partial charge in [-0.25, -0.2) is 0 Å². The number of pyridine rings is 1. The topological polar surface area (TPSA) is 119 Å². The average Bonchev–Trinajstić information content (AvgIpc) is 2.94. The van der Waals surface area contributed by atoms with Crippen molar-refractivity contribution in [3.63, 3.8) is 0 Å². The molecule has 0 fully saturated rings. The molecule has 2 aliphatic heterocycles. The van der Waals surface area contributed by atoms with Crippen LogP contribution in [0.15, 0.2) is 46.6 Å². The van der Waals surface area contributed by atoms with Crippen LogP contribution in [0.2, 0.25) is 0 Å². The molecule has 3 heterocycles. The molecule has 1 aromatic heterocycles. The number of methoxy groups -OCH3 is 1. The molecule has 1 spiro atoms. The number of amides is 1. The quantitative estimate of drug-likeness (QED) is 0.826. The Morgan fingerprint density at radius 3 is 2.82 bits per heavy atom. The smallest absolute Gasteiger partial charge is 0.259 e. The van der Waals surface area contributed by atoms with E-state index in [2.05, 4.69) is 5.32 Å². The Kier molecular flexibility index (Phi) is 3.98. The number of anilines is 1. The average molecular weight is 378 g/mol. The summed E-state index contributed by atoms with van der Waals surface area (Å²) >= 11 is 0. The SMILES string of the molecule is COCCn1c(C)cc2c(c1=O)[C@@]1(C(=O)Nc3ccccc31)C(C#N)=C(N)O2. The van der Waals surface area contributed by atoms with Gasteiger partial charge in [0.15, 0.2) is 5.41 Å².